The van der Waals surface area contributed by atoms with E-state index in [1.807, 2.05) is 0 Å². The Morgan fingerprint density at radius 1 is 1.46 bits per heavy atom. The van der Waals surface area contributed by atoms with Crippen LogP contribution in [0.3, 0.4) is 0 Å². The van der Waals surface area contributed by atoms with Crippen LogP contribution in [0.1, 0.15) is 32.6 Å². The summed E-state index contributed by atoms with van der Waals surface area (Å²) in [6, 6.07) is 0. The predicted octanol–water partition coefficient (Wildman–Crippen LogP) is 2.35. The van der Waals surface area contributed by atoms with E-state index in [2.05, 4.69) is 0 Å². The number of rotatable bonds is 1. The third kappa shape index (κ3) is 1.69. The van der Waals surface area contributed by atoms with Crippen LogP contribution in [0.25, 0.3) is 0 Å². The van der Waals surface area contributed by atoms with E-state index in [-0.39, 0.29) is 17.5 Å². The van der Waals surface area contributed by atoms with Gasteiger partial charge in [0.15, 0.2) is 0 Å². The molecule has 0 amide bonds. The van der Waals surface area contributed by atoms with Crippen molar-refractivity contribution in [3.63, 3.8) is 0 Å². The molecule has 3 heteroatoms. The molecule has 0 aliphatic heterocycles. The van der Waals surface area contributed by atoms with Crippen LogP contribution < -0.4 is 0 Å². The number of carbonyl (C=O) groups excluding carboxylic acids is 1. The number of hydrogen-bond acceptors (Lipinski definition) is 2. The highest BCUT2D eigenvalue weighted by atomic mass is 35.5. The number of carbonyl (C=O) groups is 1. The van der Waals surface area contributed by atoms with Gasteiger partial charge in [0.05, 0.1) is 5.38 Å². The van der Waals surface area contributed by atoms with Crippen LogP contribution >= 0.6 is 11.6 Å². The van der Waals surface area contributed by atoms with Crippen molar-refractivity contribution in [2.45, 2.75) is 44.1 Å². The van der Waals surface area contributed by atoms with Crippen molar-refractivity contribution in [3.8, 4) is 0 Å². The normalized spacial score (nSPS) is 43.2. The summed E-state index contributed by atoms with van der Waals surface area (Å²) in [4.78, 5) is 10.8. The first kappa shape index (κ1) is 9.32. The summed E-state index contributed by atoms with van der Waals surface area (Å²) in [5.74, 6) is 1.12. The Labute approximate surface area is 83.6 Å². The van der Waals surface area contributed by atoms with Gasteiger partial charge in [-0.3, -0.25) is 4.79 Å². The summed E-state index contributed by atoms with van der Waals surface area (Å²) in [6.07, 6.45) is 4.75. The van der Waals surface area contributed by atoms with Gasteiger partial charge in [0.25, 0.3) is 0 Å². The lowest BCUT2D eigenvalue weighted by molar-refractivity contribution is -0.146. The van der Waals surface area contributed by atoms with Crippen molar-refractivity contribution >= 4 is 17.6 Å². The summed E-state index contributed by atoms with van der Waals surface area (Å²) in [5, 5.41) is 0.0661. The number of alkyl halides is 1. The summed E-state index contributed by atoms with van der Waals surface area (Å²) in [7, 11) is 0. The second-order valence-electron chi connectivity index (χ2n) is 4.18. The first-order chi connectivity index (χ1) is 6.18. The van der Waals surface area contributed by atoms with Crippen molar-refractivity contribution in [2.24, 2.45) is 11.8 Å². The van der Waals surface area contributed by atoms with Crippen LogP contribution in [0.4, 0.5) is 0 Å². The van der Waals surface area contributed by atoms with Gasteiger partial charge >= 0.3 is 5.97 Å². The summed E-state index contributed by atoms with van der Waals surface area (Å²) < 4.78 is 5.19. The van der Waals surface area contributed by atoms with Crippen molar-refractivity contribution in [1.29, 1.82) is 0 Å². The third-order valence-corrected chi connectivity index (χ3v) is 3.94. The molecule has 0 N–H and O–H groups in total. The van der Waals surface area contributed by atoms with E-state index in [4.69, 9.17) is 16.3 Å². The van der Waals surface area contributed by atoms with Gasteiger partial charge in [-0.15, -0.1) is 11.6 Å². The topological polar surface area (TPSA) is 26.3 Å². The van der Waals surface area contributed by atoms with Gasteiger partial charge in [-0.25, -0.2) is 0 Å². The summed E-state index contributed by atoms with van der Waals surface area (Å²) in [6.45, 7) is 1.46. The lowest BCUT2D eigenvalue weighted by Crippen LogP contribution is -2.24. The maximum Gasteiger partial charge on any atom is 0.302 e. The molecule has 2 saturated carbocycles. The van der Waals surface area contributed by atoms with Gasteiger partial charge in [0.2, 0.25) is 0 Å². The first-order valence-electron chi connectivity index (χ1n) is 5.00. The molecule has 13 heavy (non-hydrogen) atoms. The van der Waals surface area contributed by atoms with Gasteiger partial charge in [-0.2, -0.15) is 0 Å². The molecule has 0 heterocycles. The van der Waals surface area contributed by atoms with Crippen LogP contribution in [0.15, 0.2) is 0 Å². The van der Waals surface area contributed by atoms with E-state index in [0.717, 1.165) is 6.42 Å². The van der Waals surface area contributed by atoms with E-state index in [0.29, 0.717) is 11.8 Å². The smallest absolute Gasteiger partial charge is 0.302 e. The molecule has 74 valence electrons. The predicted molar refractivity (Wildman–Crippen MR) is 50.6 cm³/mol. The number of hydrogen-bond donors (Lipinski definition) is 0. The van der Waals surface area contributed by atoms with Crippen molar-refractivity contribution in [2.75, 3.05) is 0 Å². The van der Waals surface area contributed by atoms with E-state index < -0.39 is 0 Å². The largest absolute Gasteiger partial charge is 0.461 e. The van der Waals surface area contributed by atoms with Crippen LogP contribution in [0.2, 0.25) is 0 Å². The van der Waals surface area contributed by atoms with Gasteiger partial charge in [0, 0.05) is 6.92 Å². The van der Waals surface area contributed by atoms with Gasteiger partial charge in [-0.1, -0.05) is 6.42 Å². The molecule has 4 atom stereocenters. The molecule has 0 radical (unpaired) electrons. The molecule has 0 saturated heterocycles. The quantitative estimate of drug-likeness (QED) is 0.482. The molecule has 0 spiro atoms. The molecule has 2 aliphatic carbocycles. The Bertz CT molecular complexity index is 217. The minimum Gasteiger partial charge on any atom is -0.461 e. The molecular formula is C10H15ClO2. The Balaban J connectivity index is 1.98. The number of fused-ring (bicyclic) bond motifs is 1. The van der Waals surface area contributed by atoms with Crippen LogP contribution in [-0.2, 0) is 9.53 Å². The Hall–Kier alpha value is -0.240. The number of esters is 1. The minimum atomic E-state index is -0.198. The average molecular weight is 203 g/mol. The van der Waals surface area contributed by atoms with Crippen LogP contribution in [-0.4, -0.2) is 17.5 Å². The van der Waals surface area contributed by atoms with Gasteiger partial charge < -0.3 is 4.74 Å². The molecule has 0 unspecified atom stereocenters. The molecule has 2 nitrogen and oxygen atoms in total. The van der Waals surface area contributed by atoms with Gasteiger partial charge in [0.1, 0.15) is 6.10 Å². The van der Waals surface area contributed by atoms with E-state index in [1.54, 1.807) is 0 Å². The van der Waals surface area contributed by atoms with E-state index in [9.17, 15) is 4.79 Å². The molecule has 2 fully saturated rings. The molecular weight excluding hydrogens is 188 g/mol. The summed E-state index contributed by atoms with van der Waals surface area (Å²) >= 11 is 6.25. The van der Waals surface area contributed by atoms with Crippen molar-refractivity contribution in [1.82, 2.24) is 0 Å². The Kier molecular flexibility index (Phi) is 2.50. The van der Waals surface area contributed by atoms with Crippen molar-refractivity contribution in [3.05, 3.63) is 0 Å². The fraction of sp³-hybridized carbons (Fsp3) is 0.900. The third-order valence-electron chi connectivity index (χ3n) is 3.33. The molecule has 0 bridgehead atoms. The lowest BCUT2D eigenvalue weighted by atomic mass is 10.0. The lowest BCUT2D eigenvalue weighted by Gasteiger charge is -2.16. The molecule has 0 aromatic carbocycles. The molecule has 0 aromatic rings. The Morgan fingerprint density at radius 2 is 2.23 bits per heavy atom. The SMILES string of the molecule is CC(=O)O[C@H]1C[C@H]2CCC[C@H]2[C@@H]1Cl. The standard InChI is InChI=1S/C10H15ClO2/c1-6(12)13-9-5-7-3-2-4-8(7)10(9)11/h7-10H,2-5H2,1H3/t7-,8-,9+,10+/m1/s1. The van der Waals surface area contributed by atoms with Crippen molar-refractivity contribution < 1.29 is 9.53 Å². The fourth-order valence-corrected chi connectivity index (χ4v) is 3.29. The minimum absolute atomic E-state index is 0.0190. The summed E-state index contributed by atoms with van der Waals surface area (Å²) in [5.41, 5.74) is 0. The molecule has 2 rings (SSSR count). The zero-order valence-electron chi connectivity index (χ0n) is 7.83. The second-order valence-corrected chi connectivity index (χ2v) is 4.69. The van der Waals surface area contributed by atoms with Crippen LogP contribution in [0.5, 0.6) is 0 Å². The molecule has 0 aromatic heterocycles. The van der Waals surface area contributed by atoms with Crippen LogP contribution in [0, 0.1) is 11.8 Å². The fourth-order valence-electron chi connectivity index (χ4n) is 2.81. The average Bonchev–Trinajstić information content (AvgIpc) is 2.56. The highest BCUT2D eigenvalue weighted by Crippen LogP contribution is 2.47. The highest BCUT2D eigenvalue weighted by molar-refractivity contribution is 6.21. The second kappa shape index (κ2) is 3.49. The number of ether oxygens (including phenoxy) is 1. The monoisotopic (exact) mass is 202 g/mol. The zero-order chi connectivity index (χ0) is 9.42. The van der Waals surface area contributed by atoms with Gasteiger partial charge in [-0.05, 0) is 31.1 Å². The maximum atomic E-state index is 10.8. The number of halogens is 1. The highest BCUT2D eigenvalue weighted by Gasteiger charge is 2.45. The Morgan fingerprint density at radius 3 is 2.85 bits per heavy atom. The zero-order valence-corrected chi connectivity index (χ0v) is 8.59. The molecule has 2 aliphatic rings. The maximum absolute atomic E-state index is 10.8. The first-order valence-corrected chi connectivity index (χ1v) is 5.43. The van der Waals surface area contributed by atoms with E-state index >= 15 is 0 Å². The van der Waals surface area contributed by atoms with E-state index in [1.165, 1.54) is 26.2 Å².